The molecule has 0 saturated heterocycles. The Morgan fingerprint density at radius 3 is 2.81 bits per heavy atom. The molecule has 4 nitrogen and oxygen atoms in total. The van der Waals surface area contributed by atoms with Crippen LogP contribution in [-0.4, -0.2) is 12.5 Å². The van der Waals surface area contributed by atoms with Gasteiger partial charge in [-0.1, -0.05) is 30.3 Å². The van der Waals surface area contributed by atoms with Gasteiger partial charge in [-0.05, 0) is 30.2 Å². The summed E-state index contributed by atoms with van der Waals surface area (Å²) in [5, 5.41) is 15.3. The van der Waals surface area contributed by atoms with Gasteiger partial charge in [0.15, 0.2) is 0 Å². The van der Waals surface area contributed by atoms with Gasteiger partial charge in [0, 0.05) is 12.2 Å². The third-order valence-electron chi connectivity index (χ3n) is 3.71. The SMILES string of the molecule is N#Cc1ccccc1NC(=O)C1CCNc2ccccc21. The maximum Gasteiger partial charge on any atom is 0.232 e. The minimum absolute atomic E-state index is 0.0633. The Morgan fingerprint density at radius 2 is 1.95 bits per heavy atom. The number of hydrogen-bond acceptors (Lipinski definition) is 3. The molecule has 0 radical (unpaired) electrons. The molecule has 0 aliphatic carbocycles. The number of rotatable bonds is 2. The second-order valence-corrected chi connectivity index (χ2v) is 5.00. The lowest BCUT2D eigenvalue weighted by Gasteiger charge is -2.26. The highest BCUT2D eigenvalue weighted by molar-refractivity contribution is 5.98. The van der Waals surface area contributed by atoms with Crippen molar-refractivity contribution in [3.8, 4) is 6.07 Å². The molecule has 21 heavy (non-hydrogen) atoms. The summed E-state index contributed by atoms with van der Waals surface area (Å²) in [6.07, 6.45) is 0.748. The summed E-state index contributed by atoms with van der Waals surface area (Å²) in [5.41, 5.74) is 3.07. The lowest BCUT2D eigenvalue weighted by atomic mass is 9.90. The predicted molar refractivity (Wildman–Crippen MR) is 82.1 cm³/mol. The van der Waals surface area contributed by atoms with E-state index >= 15 is 0 Å². The van der Waals surface area contributed by atoms with Gasteiger partial charge in [0.05, 0.1) is 17.2 Å². The highest BCUT2D eigenvalue weighted by Gasteiger charge is 2.26. The molecule has 0 aromatic heterocycles. The molecule has 0 bridgehead atoms. The van der Waals surface area contributed by atoms with E-state index < -0.39 is 0 Å². The third-order valence-corrected chi connectivity index (χ3v) is 3.71. The Balaban J connectivity index is 1.86. The molecule has 0 saturated carbocycles. The highest BCUT2D eigenvalue weighted by atomic mass is 16.1. The maximum absolute atomic E-state index is 12.6. The lowest BCUT2D eigenvalue weighted by molar-refractivity contribution is -0.117. The van der Waals surface area contributed by atoms with Crippen LogP contribution in [0.4, 0.5) is 11.4 Å². The fourth-order valence-corrected chi connectivity index (χ4v) is 2.65. The number of para-hydroxylation sites is 2. The Labute approximate surface area is 123 Å². The predicted octanol–water partition coefficient (Wildman–Crippen LogP) is 3.10. The first kappa shape index (κ1) is 13.2. The van der Waals surface area contributed by atoms with E-state index in [-0.39, 0.29) is 11.8 Å². The number of nitriles is 1. The summed E-state index contributed by atoms with van der Waals surface area (Å²) in [7, 11) is 0. The molecule has 1 atom stereocenters. The van der Waals surface area contributed by atoms with Gasteiger partial charge < -0.3 is 10.6 Å². The van der Waals surface area contributed by atoms with E-state index in [2.05, 4.69) is 16.7 Å². The van der Waals surface area contributed by atoms with Gasteiger partial charge in [-0.15, -0.1) is 0 Å². The Kier molecular flexibility index (Phi) is 3.57. The number of amides is 1. The van der Waals surface area contributed by atoms with Crippen LogP contribution in [0.2, 0.25) is 0 Å². The van der Waals surface area contributed by atoms with E-state index in [1.165, 1.54) is 0 Å². The second-order valence-electron chi connectivity index (χ2n) is 5.00. The minimum atomic E-state index is -0.186. The zero-order valence-corrected chi connectivity index (χ0v) is 11.5. The standard InChI is InChI=1S/C17H15N3O/c18-11-12-5-1-3-7-15(12)20-17(21)14-9-10-19-16-8-4-2-6-13(14)16/h1-8,14,19H,9-10H2,(H,20,21). The molecule has 2 aromatic rings. The van der Waals surface area contributed by atoms with Crippen molar-refractivity contribution in [1.29, 1.82) is 5.26 Å². The van der Waals surface area contributed by atoms with Crippen molar-refractivity contribution in [2.75, 3.05) is 17.2 Å². The molecule has 0 spiro atoms. The van der Waals surface area contributed by atoms with Crippen LogP contribution in [0.5, 0.6) is 0 Å². The zero-order chi connectivity index (χ0) is 14.7. The van der Waals surface area contributed by atoms with Crippen LogP contribution in [0, 0.1) is 11.3 Å². The fourth-order valence-electron chi connectivity index (χ4n) is 2.65. The summed E-state index contributed by atoms with van der Waals surface area (Å²) in [5.74, 6) is -0.249. The van der Waals surface area contributed by atoms with Crippen molar-refractivity contribution in [3.05, 3.63) is 59.7 Å². The van der Waals surface area contributed by atoms with Crippen LogP contribution in [0.1, 0.15) is 23.5 Å². The average Bonchev–Trinajstić information content (AvgIpc) is 2.54. The van der Waals surface area contributed by atoms with Gasteiger partial charge in [0.1, 0.15) is 6.07 Å². The largest absolute Gasteiger partial charge is 0.385 e. The summed E-state index contributed by atoms with van der Waals surface area (Å²) in [4.78, 5) is 12.6. The number of carbonyl (C=O) groups excluding carboxylic acids is 1. The average molecular weight is 277 g/mol. The summed E-state index contributed by atoms with van der Waals surface area (Å²) in [6.45, 7) is 0.773. The van der Waals surface area contributed by atoms with Gasteiger partial charge in [-0.3, -0.25) is 4.79 Å². The zero-order valence-electron chi connectivity index (χ0n) is 11.5. The summed E-state index contributed by atoms with van der Waals surface area (Å²) in [6, 6.07) is 17.0. The number of benzene rings is 2. The molecule has 1 heterocycles. The summed E-state index contributed by atoms with van der Waals surface area (Å²) < 4.78 is 0. The topological polar surface area (TPSA) is 64.9 Å². The Morgan fingerprint density at radius 1 is 1.19 bits per heavy atom. The number of fused-ring (bicyclic) bond motifs is 1. The van der Waals surface area contributed by atoms with Crippen LogP contribution in [0.3, 0.4) is 0 Å². The normalized spacial score (nSPS) is 16.2. The molecule has 1 amide bonds. The van der Waals surface area contributed by atoms with Gasteiger partial charge in [-0.2, -0.15) is 5.26 Å². The molecular weight excluding hydrogens is 262 g/mol. The molecule has 1 unspecified atom stereocenters. The third kappa shape index (κ3) is 2.59. The van der Waals surface area contributed by atoms with E-state index in [9.17, 15) is 4.79 Å². The van der Waals surface area contributed by atoms with Crippen molar-refractivity contribution < 1.29 is 4.79 Å². The number of anilines is 2. The monoisotopic (exact) mass is 277 g/mol. The van der Waals surface area contributed by atoms with Crippen LogP contribution in [0.25, 0.3) is 0 Å². The Hall–Kier alpha value is -2.80. The van der Waals surface area contributed by atoms with Crippen LogP contribution >= 0.6 is 0 Å². The van der Waals surface area contributed by atoms with Crippen LogP contribution in [0.15, 0.2) is 48.5 Å². The molecule has 4 heteroatoms. The van der Waals surface area contributed by atoms with E-state index in [1.807, 2.05) is 30.3 Å². The maximum atomic E-state index is 12.6. The fraction of sp³-hybridized carbons (Fsp3) is 0.176. The van der Waals surface area contributed by atoms with Crippen molar-refractivity contribution >= 4 is 17.3 Å². The van der Waals surface area contributed by atoms with E-state index in [0.29, 0.717) is 11.3 Å². The van der Waals surface area contributed by atoms with Gasteiger partial charge in [0.2, 0.25) is 5.91 Å². The molecule has 104 valence electrons. The second kappa shape index (κ2) is 5.68. The van der Waals surface area contributed by atoms with Gasteiger partial charge >= 0.3 is 0 Å². The minimum Gasteiger partial charge on any atom is -0.385 e. The number of nitrogens with one attached hydrogen (secondary N) is 2. The summed E-state index contributed by atoms with van der Waals surface area (Å²) >= 11 is 0. The number of hydrogen-bond donors (Lipinski definition) is 2. The molecule has 1 aliphatic rings. The first-order valence-corrected chi connectivity index (χ1v) is 6.92. The van der Waals surface area contributed by atoms with Crippen molar-refractivity contribution in [1.82, 2.24) is 0 Å². The molecule has 2 aromatic carbocycles. The first-order chi connectivity index (χ1) is 10.3. The molecule has 3 rings (SSSR count). The van der Waals surface area contributed by atoms with Crippen LogP contribution < -0.4 is 10.6 Å². The van der Waals surface area contributed by atoms with Gasteiger partial charge in [0.25, 0.3) is 0 Å². The van der Waals surface area contributed by atoms with Crippen LogP contribution in [-0.2, 0) is 4.79 Å². The molecule has 1 aliphatic heterocycles. The van der Waals surface area contributed by atoms with E-state index in [0.717, 1.165) is 24.2 Å². The number of carbonyl (C=O) groups is 1. The molecule has 0 fully saturated rings. The lowest BCUT2D eigenvalue weighted by Crippen LogP contribution is -2.27. The number of nitrogens with zero attached hydrogens (tertiary/aromatic N) is 1. The van der Waals surface area contributed by atoms with Crippen molar-refractivity contribution in [2.24, 2.45) is 0 Å². The smallest absolute Gasteiger partial charge is 0.232 e. The quantitative estimate of drug-likeness (QED) is 0.886. The van der Waals surface area contributed by atoms with Crippen molar-refractivity contribution in [2.45, 2.75) is 12.3 Å². The van der Waals surface area contributed by atoms with E-state index in [1.54, 1.807) is 18.2 Å². The molecule has 2 N–H and O–H groups in total. The van der Waals surface area contributed by atoms with Crippen molar-refractivity contribution in [3.63, 3.8) is 0 Å². The van der Waals surface area contributed by atoms with Gasteiger partial charge in [-0.25, -0.2) is 0 Å². The highest BCUT2D eigenvalue weighted by Crippen LogP contribution is 2.32. The Bertz CT molecular complexity index is 718. The first-order valence-electron chi connectivity index (χ1n) is 6.92. The molecular formula is C17H15N3O. The van der Waals surface area contributed by atoms with E-state index in [4.69, 9.17) is 5.26 Å².